The number of carbonyl (C=O) groups excluding carboxylic acids is 1. The van der Waals surface area contributed by atoms with Gasteiger partial charge in [-0.05, 0) is 55.4 Å². The van der Waals surface area contributed by atoms with Gasteiger partial charge in [0, 0.05) is 23.0 Å². The Kier molecular flexibility index (Phi) is 8.16. The highest BCUT2D eigenvalue weighted by Gasteiger charge is 2.34. The fourth-order valence-corrected chi connectivity index (χ4v) is 5.87. The average molecular weight is 531 g/mol. The summed E-state index contributed by atoms with van der Waals surface area (Å²) < 4.78 is 26.8. The molecule has 2 heterocycles. The molecule has 4 rings (SSSR count). The van der Waals surface area contributed by atoms with E-state index in [0.29, 0.717) is 29.1 Å². The zero-order valence-electron chi connectivity index (χ0n) is 20.2. The van der Waals surface area contributed by atoms with Gasteiger partial charge in [0.05, 0.1) is 23.2 Å². The Bertz CT molecular complexity index is 1340. The van der Waals surface area contributed by atoms with Crippen LogP contribution in [0, 0.1) is 12.8 Å². The van der Waals surface area contributed by atoms with E-state index < -0.39 is 22.3 Å². The number of rotatable bonds is 10. The first-order valence-electron chi connectivity index (χ1n) is 11.8. The number of anilines is 1. The second-order valence-electron chi connectivity index (χ2n) is 9.07. The van der Waals surface area contributed by atoms with E-state index in [1.165, 1.54) is 35.0 Å². The number of aliphatic hydroxyl groups excluding tert-OH is 1. The van der Waals surface area contributed by atoms with E-state index in [1.54, 1.807) is 0 Å². The summed E-state index contributed by atoms with van der Waals surface area (Å²) in [6.07, 6.45) is 4.60. The van der Waals surface area contributed by atoms with Crippen LogP contribution < -0.4 is 10.5 Å². The summed E-state index contributed by atoms with van der Waals surface area (Å²) >= 11 is 1.45. The normalized spacial score (nSPS) is 19.9. The van der Waals surface area contributed by atoms with Crippen molar-refractivity contribution in [2.45, 2.75) is 51.7 Å². The number of benzene rings is 1. The molecule has 3 atom stereocenters. The van der Waals surface area contributed by atoms with Crippen LogP contribution in [0.3, 0.4) is 0 Å². The number of aromatic nitrogens is 2. The molecule has 2 aromatic heterocycles. The lowest BCUT2D eigenvalue weighted by atomic mass is 10.0. The van der Waals surface area contributed by atoms with E-state index in [2.05, 4.69) is 50.7 Å². The van der Waals surface area contributed by atoms with Gasteiger partial charge < -0.3 is 10.4 Å². The van der Waals surface area contributed by atoms with Gasteiger partial charge in [0.2, 0.25) is 5.78 Å². The van der Waals surface area contributed by atoms with Gasteiger partial charge in [-0.2, -0.15) is 8.42 Å². The standard InChI is InChI=1S/C25H30N4O5S2/c1-3-16-5-4-6-17(7-16)8-18-10-23(35-15(18)2)24(31)21-12-27-14-28-25(21)29-20-9-19(22(30)11-20)13-34-36(26,32)33/h4-7,10,12,14,19-20,22,30H,3,8-9,11,13H2,1-2H3,(H2,26,32,33)(H,27,28,29)/t19-,20-,22+/m1/s1. The Morgan fingerprint density at radius 1 is 1.28 bits per heavy atom. The number of hydrogen-bond donors (Lipinski definition) is 3. The van der Waals surface area contributed by atoms with E-state index in [0.717, 1.165) is 23.3 Å². The molecule has 1 saturated carbocycles. The number of nitrogens with one attached hydrogen (secondary N) is 1. The first-order valence-corrected chi connectivity index (χ1v) is 14.0. The molecule has 0 unspecified atom stereocenters. The predicted octanol–water partition coefficient (Wildman–Crippen LogP) is 3.00. The summed E-state index contributed by atoms with van der Waals surface area (Å²) in [5, 5.41) is 18.4. The van der Waals surface area contributed by atoms with Crippen molar-refractivity contribution in [2.24, 2.45) is 11.1 Å². The van der Waals surface area contributed by atoms with Crippen LogP contribution in [0.15, 0.2) is 42.9 Å². The number of aliphatic hydroxyl groups is 1. The van der Waals surface area contributed by atoms with Crippen LogP contribution in [0.4, 0.5) is 5.82 Å². The summed E-state index contributed by atoms with van der Waals surface area (Å²) in [6.45, 7) is 3.95. The number of ketones is 1. The van der Waals surface area contributed by atoms with Crippen LogP contribution in [0.1, 0.15) is 56.6 Å². The highest BCUT2D eigenvalue weighted by molar-refractivity contribution is 7.84. The molecule has 0 aliphatic heterocycles. The van der Waals surface area contributed by atoms with Gasteiger partial charge in [0.25, 0.3) is 0 Å². The molecule has 9 nitrogen and oxygen atoms in total. The molecule has 1 aliphatic carbocycles. The number of nitrogens with zero attached hydrogens (tertiary/aromatic N) is 2. The minimum absolute atomic E-state index is 0.174. The van der Waals surface area contributed by atoms with Crippen LogP contribution in [-0.2, 0) is 27.3 Å². The van der Waals surface area contributed by atoms with Crippen LogP contribution in [0.5, 0.6) is 0 Å². The van der Waals surface area contributed by atoms with Crippen molar-refractivity contribution in [1.29, 1.82) is 0 Å². The number of hydrogen-bond acceptors (Lipinski definition) is 9. The topological polar surface area (TPSA) is 144 Å². The van der Waals surface area contributed by atoms with Crippen molar-refractivity contribution < 1.29 is 22.5 Å². The highest BCUT2D eigenvalue weighted by Crippen LogP contribution is 2.31. The molecule has 3 aromatic rings. The van der Waals surface area contributed by atoms with E-state index in [9.17, 15) is 18.3 Å². The number of carbonyl (C=O) groups is 1. The molecule has 1 fully saturated rings. The van der Waals surface area contributed by atoms with Crippen molar-refractivity contribution in [3.63, 3.8) is 0 Å². The van der Waals surface area contributed by atoms with Gasteiger partial charge in [-0.25, -0.2) is 15.1 Å². The highest BCUT2D eigenvalue weighted by atomic mass is 32.2. The number of thiophene rings is 1. The van der Waals surface area contributed by atoms with Crippen LogP contribution in [-0.4, -0.2) is 48.0 Å². The molecular weight excluding hydrogens is 500 g/mol. The minimum atomic E-state index is -4.08. The van der Waals surface area contributed by atoms with Gasteiger partial charge >= 0.3 is 10.3 Å². The maximum Gasteiger partial charge on any atom is 0.333 e. The monoisotopic (exact) mass is 530 g/mol. The molecular formula is C25H30N4O5S2. The van der Waals surface area contributed by atoms with Crippen LogP contribution in [0.2, 0.25) is 0 Å². The van der Waals surface area contributed by atoms with Gasteiger partial charge in [-0.3, -0.25) is 8.98 Å². The SMILES string of the molecule is CCc1cccc(Cc2cc(C(=O)c3cncnc3N[C@@H]3C[C@H](COS(N)(=O)=O)[C@@H](O)C3)sc2C)c1. The maximum atomic E-state index is 13.4. The summed E-state index contributed by atoms with van der Waals surface area (Å²) in [7, 11) is -4.08. The molecule has 1 aliphatic rings. The molecule has 0 amide bonds. The smallest absolute Gasteiger partial charge is 0.333 e. The zero-order chi connectivity index (χ0) is 25.9. The van der Waals surface area contributed by atoms with Gasteiger partial charge in [0.1, 0.15) is 12.1 Å². The molecule has 4 N–H and O–H groups in total. The van der Waals surface area contributed by atoms with E-state index >= 15 is 0 Å². The van der Waals surface area contributed by atoms with Crippen molar-refractivity contribution in [1.82, 2.24) is 9.97 Å². The summed E-state index contributed by atoms with van der Waals surface area (Å²) in [4.78, 5) is 23.5. The predicted molar refractivity (Wildman–Crippen MR) is 138 cm³/mol. The van der Waals surface area contributed by atoms with Gasteiger partial charge in [-0.15, -0.1) is 11.3 Å². The largest absolute Gasteiger partial charge is 0.393 e. The van der Waals surface area contributed by atoms with Gasteiger partial charge in [0.15, 0.2) is 0 Å². The Morgan fingerprint density at radius 2 is 2.06 bits per heavy atom. The molecule has 0 bridgehead atoms. The molecule has 192 valence electrons. The Labute approximate surface area is 215 Å². The molecule has 0 radical (unpaired) electrons. The third-order valence-electron chi connectivity index (χ3n) is 6.44. The third kappa shape index (κ3) is 6.54. The van der Waals surface area contributed by atoms with Crippen molar-refractivity contribution >= 4 is 33.2 Å². The summed E-state index contributed by atoms with van der Waals surface area (Å²) in [5.41, 5.74) is 3.95. The maximum absolute atomic E-state index is 13.4. The Hall–Kier alpha value is -2.70. The van der Waals surface area contributed by atoms with E-state index in [1.807, 2.05) is 13.0 Å². The lowest BCUT2D eigenvalue weighted by Gasteiger charge is -2.15. The first kappa shape index (κ1) is 26.4. The Morgan fingerprint density at radius 3 is 2.81 bits per heavy atom. The molecule has 0 saturated heterocycles. The quantitative estimate of drug-likeness (QED) is 0.339. The lowest BCUT2D eigenvalue weighted by molar-refractivity contribution is 0.101. The average Bonchev–Trinajstić information content (AvgIpc) is 3.38. The van der Waals surface area contributed by atoms with Crippen LogP contribution in [0.25, 0.3) is 0 Å². The molecule has 0 spiro atoms. The zero-order valence-corrected chi connectivity index (χ0v) is 21.8. The van der Waals surface area contributed by atoms with Crippen molar-refractivity contribution in [2.75, 3.05) is 11.9 Å². The van der Waals surface area contributed by atoms with Crippen molar-refractivity contribution in [3.8, 4) is 0 Å². The number of aryl methyl sites for hydroxylation is 2. The number of nitrogens with two attached hydrogens (primary N) is 1. The fourth-order valence-electron chi connectivity index (χ4n) is 4.51. The van der Waals surface area contributed by atoms with Crippen LogP contribution >= 0.6 is 11.3 Å². The Balaban J connectivity index is 1.48. The third-order valence-corrected chi connectivity index (χ3v) is 8.00. The van der Waals surface area contributed by atoms with E-state index in [4.69, 9.17) is 5.14 Å². The van der Waals surface area contributed by atoms with Crippen molar-refractivity contribution in [3.05, 3.63) is 74.9 Å². The molecule has 11 heteroatoms. The van der Waals surface area contributed by atoms with Gasteiger partial charge in [-0.1, -0.05) is 31.2 Å². The molecule has 36 heavy (non-hydrogen) atoms. The second-order valence-corrected chi connectivity index (χ2v) is 11.6. The second kappa shape index (κ2) is 11.1. The first-order chi connectivity index (χ1) is 17.1. The fraction of sp³-hybridized carbons (Fsp3) is 0.400. The molecule has 1 aromatic carbocycles. The minimum Gasteiger partial charge on any atom is -0.393 e. The summed E-state index contributed by atoms with van der Waals surface area (Å²) in [6, 6.07) is 10.2. The summed E-state index contributed by atoms with van der Waals surface area (Å²) in [5.74, 6) is -0.202. The lowest BCUT2D eigenvalue weighted by Crippen LogP contribution is -2.24. The van der Waals surface area contributed by atoms with E-state index in [-0.39, 0.29) is 18.4 Å².